The Hall–Kier alpha value is -3.00. The molecule has 6 heteroatoms. The SMILES string of the molecule is CCOc1cc(C(C)(C)C#N)ccc1C1=N[C@@](C)(c2ccc(Cl)cc2)[C@@](C)(c2ccc(Cl)cc2)N1. The predicted molar refractivity (Wildman–Crippen MR) is 144 cm³/mol. The molecule has 2 atom stereocenters. The lowest BCUT2D eigenvalue weighted by molar-refractivity contribution is 0.268. The minimum Gasteiger partial charge on any atom is -0.493 e. The number of amidine groups is 1. The number of hydrogen-bond donors (Lipinski definition) is 1. The molecule has 1 aliphatic rings. The molecule has 0 fully saturated rings. The normalized spacial score (nSPS) is 21.7. The molecule has 0 spiro atoms. The van der Waals surface area contributed by atoms with E-state index in [2.05, 4.69) is 25.2 Å². The van der Waals surface area contributed by atoms with E-state index >= 15 is 0 Å². The van der Waals surface area contributed by atoms with Crippen LogP contribution >= 0.6 is 23.2 Å². The Morgan fingerprint density at radius 1 is 0.943 bits per heavy atom. The highest BCUT2D eigenvalue weighted by Gasteiger charge is 2.52. The molecule has 4 nitrogen and oxygen atoms in total. The number of rotatable bonds is 6. The van der Waals surface area contributed by atoms with Crippen molar-refractivity contribution < 1.29 is 4.74 Å². The molecule has 1 aliphatic heterocycles. The van der Waals surface area contributed by atoms with Crippen molar-refractivity contribution >= 4 is 29.0 Å². The first-order valence-corrected chi connectivity index (χ1v) is 12.4. The van der Waals surface area contributed by atoms with E-state index in [0.717, 1.165) is 28.1 Å². The van der Waals surface area contributed by atoms with Crippen molar-refractivity contribution in [1.29, 1.82) is 5.26 Å². The molecule has 4 rings (SSSR count). The number of nitrogens with one attached hydrogen (secondary N) is 1. The molecular weight excluding hydrogens is 477 g/mol. The average Bonchev–Trinajstić information content (AvgIpc) is 3.12. The zero-order valence-corrected chi connectivity index (χ0v) is 22.1. The highest BCUT2D eigenvalue weighted by Crippen LogP contribution is 2.48. The Morgan fingerprint density at radius 3 is 2.06 bits per heavy atom. The molecule has 180 valence electrons. The summed E-state index contributed by atoms with van der Waals surface area (Å²) in [5, 5.41) is 14.7. The van der Waals surface area contributed by atoms with Crippen LogP contribution in [0.25, 0.3) is 0 Å². The summed E-state index contributed by atoms with van der Waals surface area (Å²) >= 11 is 12.4. The molecule has 0 aromatic heterocycles. The second kappa shape index (κ2) is 9.22. The third kappa shape index (κ3) is 4.40. The lowest BCUT2D eigenvalue weighted by Gasteiger charge is -2.40. The monoisotopic (exact) mass is 505 g/mol. The number of hydrogen-bond acceptors (Lipinski definition) is 4. The number of nitrogens with zero attached hydrogens (tertiary/aromatic N) is 2. The van der Waals surface area contributed by atoms with Crippen LogP contribution in [0.1, 0.15) is 56.9 Å². The maximum absolute atomic E-state index is 9.63. The summed E-state index contributed by atoms with van der Waals surface area (Å²) in [7, 11) is 0. The van der Waals surface area contributed by atoms with E-state index in [-0.39, 0.29) is 0 Å². The van der Waals surface area contributed by atoms with Crippen LogP contribution in [0.15, 0.2) is 71.7 Å². The van der Waals surface area contributed by atoms with Gasteiger partial charge in [0.05, 0.1) is 29.2 Å². The lowest BCUT2D eigenvalue weighted by atomic mass is 9.72. The number of benzene rings is 3. The minimum atomic E-state index is -0.658. The van der Waals surface area contributed by atoms with Crippen molar-refractivity contribution in [3.05, 3.63) is 99.0 Å². The molecule has 0 saturated heterocycles. The first kappa shape index (κ1) is 25.1. The highest BCUT2D eigenvalue weighted by molar-refractivity contribution is 6.30. The van der Waals surface area contributed by atoms with Crippen LogP contribution in [0.3, 0.4) is 0 Å². The van der Waals surface area contributed by atoms with Crippen molar-refractivity contribution in [2.45, 2.75) is 51.1 Å². The summed E-state index contributed by atoms with van der Waals surface area (Å²) in [6, 6.07) is 24.0. The highest BCUT2D eigenvalue weighted by atomic mass is 35.5. The topological polar surface area (TPSA) is 57.4 Å². The summed E-state index contributed by atoms with van der Waals surface area (Å²) < 4.78 is 6.04. The Balaban J connectivity index is 1.90. The lowest BCUT2D eigenvalue weighted by Crippen LogP contribution is -2.50. The fourth-order valence-electron chi connectivity index (χ4n) is 4.56. The van der Waals surface area contributed by atoms with Crippen LogP contribution in [0, 0.1) is 11.3 Å². The van der Waals surface area contributed by atoms with Gasteiger partial charge in [-0.1, -0.05) is 53.5 Å². The second-order valence-corrected chi connectivity index (χ2v) is 10.6. The van der Waals surface area contributed by atoms with Gasteiger partial charge in [0.15, 0.2) is 0 Å². The van der Waals surface area contributed by atoms with E-state index in [1.165, 1.54) is 0 Å². The molecular formula is C29H29Cl2N3O. The van der Waals surface area contributed by atoms with E-state index in [4.69, 9.17) is 32.9 Å². The van der Waals surface area contributed by atoms with Gasteiger partial charge in [-0.3, -0.25) is 4.99 Å². The van der Waals surface area contributed by atoms with E-state index in [0.29, 0.717) is 22.4 Å². The van der Waals surface area contributed by atoms with Crippen LogP contribution in [0.4, 0.5) is 0 Å². The summed E-state index contributed by atoms with van der Waals surface area (Å²) in [5.74, 6) is 1.42. The molecule has 0 amide bonds. The quantitative estimate of drug-likeness (QED) is 0.380. The number of ether oxygens (including phenoxy) is 1. The Bertz CT molecular complexity index is 1310. The van der Waals surface area contributed by atoms with Crippen molar-refractivity contribution in [3.8, 4) is 11.8 Å². The van der Waals surface area contributed by atoms with Gasteiger partial charge in [0.2, 0.25) is 0 Å². The van der Waals surface area contributed by atoms with Crippen LogP contribution in [0.2, 0.25) is 10.0 Å². The van der Waals surface area contributed by atoms with E-state index in [1.807, 2.05) is 87.5 Å². The van der Waals surface area contributed by atoms with Gasteiger partial charge < -0.3 is 10.1 Å². The number of nitriles is 1. The van der Waals surface area contributed by atoms with Gasteiger partial charge in [0, 0.05) is 10.0 Å². The maximum atomic E-state index is 9.63. The average molecular weight is 506 g/mol. The van der Waals surface area contributed by atoms with Gasteiger partial charge in [-0.15, -0.1) is 0 Å². The minimum absolute atomic E-state index is 0.500. The summed E-state index contributed by atoms with van der Waals surface area (Å²) in [4.78, 5) is 5.28. The zero-order chi connectivity index (χ0) is 25.4. The van der Waals surface area contributed by atoms with Gasteiger partial charge in [-0.25, -0.2) is 0 Å². The first-order chi connectivity index (χ1) is 16.5. The fourth-order valence-corrected chi connectivity index (χ4v) is 4.81. The first-order valence-electron chi connectivity index (χ1n) is 11.6. The largest absolute Gasteiger partial charge is 0.493 e. The van der Waals surface area contributed by atoms with Crippen LogP contribution in [0.5, 0.6) is 5.75 Å². The van der Waals surface area contributed by atoms with Gasteiger partial charge in [-0.05, 0) is 87.7 Å². The molecule has 0 bridgehead atoms. The zero-order valence-electron chi connectivity index (χ0n) is 20.6. The molecule has 0 unspecified atom stereocenters. The van der Waals surface area contributed by atoms with Gasteiger partial charge in [0.25, 0.3) is 0 Å². The number of halogens is 2. The summed E-state index contributed by atoms with van der Waals surface area (Å²) in [5.41, 5.74) is 1.95. The van der Waals surface area contributed by atoms with Crippen molar-refractivity contribution in [1.82, 2.24) is 5.32 Å². The van der Waals surface area contributed by atoms with Crippen molar-refractivity contribution in [3.63, 3.8) is 0 Å². The van der Waals surface area contributed by atoms with Gasteiger partial charge >= 0.3 is 0 Å². The Morgan fingerprint density at radius 2 is 1.51 bits per heavy atom. The third-order valence-corrected chi connectivity index (χ3v) is 7.55. The van der Waals surface area contributed by atoms with Gasteiger partial charge in [0.1, 0.15) is 17.1 Å². The summed E-state index contributed by atoms with van der Waals surface area (Å²) in [6.45, 7) is 10.5. The smallest absolute Gasteiger partial charge is 0.133 e. The molecule has 1 heterocycles. The molecule has 3 aromatic carbocycles. The van der Waals surface area contributed by atoms with Crippen LogP contribution < -0.4 is 10.1 Å². The molecule has 0 radical (unpaired) electrons. The fraction of sp³-hybridized carbons (Fsp3) is 0.310. The molecule has 3 aromatic rings. The van der Waals surface area contributed by atoms with E-state index < -0.39 is 16.5 Å². The third-order valence-electron chi connectivity index (χ3n) is 7.04. The number of aliphatic imine (C=N–C) groups is 1. The van der Waals surface area contributed by atoms with Gasteiger partial charge in [-0.2, -0.15) is 5.26 Å². The maximum Gasteiger partial charge on any atom is 0.133 e. The van der Waals surface area contributed by atoms with E-state index in [1.54, 1.807) is 0 Å². The molecule has 1 N–H and O–H groups in total. The summed E-state index contributed by atoms with van der Waals surface area (Å²) in [6.07, 6.45) is 0. The van der Waals surface area contributed by atoms with Crippen molar-refractivity contribution in [2.75, 3.05) is 6.61 Å². The molecule has 0 aliphatic carbocycles. The molecule has 35 heavy (non-hydrogen) atoms. The van der Waals surface area contributed by atoms with Crippen LogP contribution in [-0.2, 0) is 16.5 Å². The van der Waals surface area contributed by atoms with Crippen molar-refractivity contribution in [2.24, 2.45) is 4.99 Å². The predicted octanol–water partition coefficient (Wildman–Crippen LogP) is 7.37. The second-order valence-electron chi connectivity index (χ2n) is 9.68. The molecule has 0 saturated carbocycles. The van der Waals surface area contributed by atoms with E-state index in [9.17, 15) is 5.26 Å². The Labute approximate surface area is 217 Å². The van der Waals surface area contributed by atoms with Crippen LogP contribution in [-0.4, -0.2) is 12.4 Å². The Kier molecular flexibility index (Phi) is 6.62. The standard InChI is InChI=1S/C29H29Cl2N3O/c1-6-35-25-17-21(27(2,3)18-32)11-16-24(25)26-33-28(4,19-7-12-22(30)13-8-19)29(5,34-26)20-9-14-23(31)15-10-20/h7-17H,6H2,1-5H3,(H,33,34)/t28-,29+.